The molecule has 0 unspecified atom stereocenters. The van der Waals surface area contributed by atoms with Crippen LogP contribution >= 0.6 is 23.2 Å². The summed E-state index contributed by atoms with van der Waals surface area (Å²) >= 11 is 12.4. The van der Waals surface area contributed by atoms with Gasteiger partial charge in [0.25, 0.3) is 5.91 Å². The molecule has 0 aromatic heterocycles. The number of carbonyl (C=O) groups is 2. The maximum Gasteiger partial charge on any atom is 0.255 e. The predicted octanol–water partition coefficient (Wildman–Crippen LogP) is 4.14. The number of carbonyl (C=O) groups excluding carboxylic acids is 2. The molecule has 1 fully saturated rings. The molecule has 3 rings (SSSR count). The van der Waals surface area contributed by atoms with E-state index in [-0.39, 0.29) is 39.6 Å². The lowest BCUT2D eigenvalue weighted by Crippen LogP contribution is -2.39. The summed E-state index contributed by atoms with van der Waals surface area (Å²) in [6.45, 7) is 1.21. The Kier molecular flexibility index (Phi) is 6.37. The van der Waals surface area contributed by atoms with Crippen LogP contribution in [0.4, 0.5) is 0 Å². The van der Waals surface area contributed by atoms with Crippen LogP contribution < -0.4 is 10.1 Å². The van der Waals surface area contributed by atoms with Gasteiger partial charge in [0.1, 0.15) is 5.75 Å². The number of methoxy groups -OCH3 is 1. The van der Waals surface area contributed by atoms with E-state index < -0.39 is 0 Å². The molecule has 0 bridgehead atoms. The molecule has 1 heterocycles. The standard InChI is InChI=1S/C20H19Cl2NO4/c1-26-19-15(20(25)23-13-6-8-27-9-7-13)10-12(11-17(19)22)18(24)14-4-2-3-5-16(14)21/h2-5,10-11,13H,6-9H2,1H3,(H,23,25). The van der Waals surface area contributed by atoms with Gasteiger partial charge in [-0.05, 0) is 37.1 Å². The highest BCUT2D eigenvalue weighted by atomic mass is 35.5. The van der Waals surface area contributed by atoms with Gasteiger partial charge in [0.15, 0.2) is 5.78 Å². The van der Waals surface area contributed by atoms with E-state index in [2.05, 4.69) is 5.32 Å². The van der Waals surface area contributed by atoms with E-state index in [1.54, 1.807) is 24.3 Å². The number of amides is 1. The molecular formula is C20H19Cl2NO4. The number of hydrogen-bond donors (Lipinski definition) is 1. The summed E-state index contributed by atoms with van der Waals surface area (Å²) in [5.74, 6) is -0.420. The van der Waals surface area contributed by atoms with E-state index in [4.69, 9.17) is 32.7 Å². The minimum Gasteiger partial charge on any atom is -0.494 e. The van der Waals surface area contributed by atoms with Gasteiger partial charge in [-0.3, -0.25) is 9.59 Å². The normalized spacial score (nSPS) is 14.6. The Balaban J connectivity index is 1.94. The van der Waals surface area contributed by atoms with Crippen LogP contribution in [0.5, 0.6) is 5.75 Å². The van der Waals surface area contributed by atoms with Gasteiger partial charge in [-0.1, -0.05) is 35.3 Å². The third-order valence-electron chi connectivity index (χ3n) is 4.43. The van der Waals surface area contributed by atoms with E-state index in [1.165, 1.54) is 19.2 Å². The lowest BCUT2D eigenvalue weighted by Gasteiger charge is -2.23. The van der Waals surface area contributed by atoms with Crippen LogP contribution in [-0.4, -0.2) is 38.1 Å². The van der Waals surface area contributed by atoms with Crippen molar-refractivity contribution in [2.75, 3.05) is 20.3 Å². The van der Waals surface area contributed by atoms with Gasteiger partial charge in [-0.25, -0.2) is 0 Å². The van der Waals surface area contributed by atoms with Gasteiger partial charge in [0, 0.05) is 30.4 Å². The number of benzene rings is 2. The number of nitrogens with one attached hydrogen (secondary N) is 1. The van der Waals surface area contributed by atoms with Gasteiger partial charge in [-0.2, -0.15) is 0 Å². The zero-order valence-electron chi connectivity index (χ0n) is 14.8. The van der Waals surface area contributed by atoms with Crippen molar-refractivity contribution in [1.29, 1.82) is 0 Å². The largest absolute Gasteiger partial charge is 0.494 e. The van der Waals surface area contributed by atoms with Crippen LogP contribution in [-0.2, 0) is 4.74 Å². The predicted molar refractivity (Wildman–Crippen MR) is 104 cm³/mol. The average Bonchev–Trinajstić information content (AvgIpc) is 2.68. The first kappa shape index (κ1) is 19.7. The Bertz CT molecular complexity index is 863. The summed E-state index contributed by atoms with van der Waals surface area (Å²) in [5, 5.41) is 3.48. The Morgan fingerprint density at radius 2 is 1.78 bits per heavy atom. The summed E-state index contributed by atoms with van der Waals surface area (Å²) in [7, 11) is 1.43. The molecule has 0 aliphatic carbocycles. The summed E-state index contributed by atoms with van der Waals surface area (Å²) < 4.78 is 10.6. The summed E-state index contributed by atoms with van der Waals surface area (Å²) in [5.41, 5.74) is 0.828. The van der Waals surface area contributed by atoms with E-state index in [1.807, 2.05) is 0 Å². The molecule has 1 aliphatic rings. The maximum atomic E-state index is 12.9. The van der Waals surface area contributed by atoms with Crippen molar-refractivity contribution in [3.63, 3.8) is 0 Å². The van der Waals surface area contributed by atoms with Crippen molar-refractivity contribution in [2.45, 2.75) is 18.9 Å². The van der Waals surface area contributed by atoms with Crippen molar-refractivity contribution in [1.82, 2.24) is 5.32 Å². The van der Waals surface area contributed by atoms with Crippen LogP contribution in [0, 0.1) is 0 Å². The van der Waals surface area contributed by atoms with Gasteiger partial charge < -0.3 is 14.8 Å². The lowest BCUT2D eigenvalue weighted by atomic mass is 9.99. The number of ketones is 1. The second-order valence-electron chi connectivity index (χ2n) is 6.21. The van der Waals surface area contributed by atoms with Gasteiger partial charge >= 0.3 is 0 Å². The molecule has 7 heteroatoms. The fraction of sp³-hybridized carbons (Fsp3) is 0.300. The molecule has 1 saturated heterocycles. The molecule has 0 atom stereocenters. The molecule has 0 radical (unpaired) electrons. The van der Waals surface area contributed by atoms with Crippen molar-refractivity contribution >= 4 is 34.9 Å². The van der Waals surface area contributed by atoms with Crippen LogP contribution in [0.25, 0.3) is 0 Å². The van der Waals surface area contributed by atoms with Gasteiger partial charge in [-0.15, -0.1) is 0 Å². The Morgan fingerprint density at radius 1 is 1.07 bits per heavy atom. The maximum absolute atomic E-state index is 12.9. The zero-order valence-corrected chi connectivity index (χ0v) is 16.3. The van der Waals surface area contributed by atoms with Crippen molar-refractivity contribution in [3.8, 4) is 5.75 Å². The molecule has 0 spiro atoms. The topological polar surface area (TPSA) is 64.6 Å². The minimum atomic E-state index is -0.338. The second-order valence-corrected chi connectivity index (χ2v) is 7.02. The summed E-state index contributed by atoms with van der Waals surface area (Å²) in [4.78, 5) is 25.6. The molecule has 27 heavy (non-hydrogen) atoms. The molecule has 1 aliphatic heterocycles. The van der Waals surface area contributed by atoms with E-state index >= 15 is 0 Å². The van der Waals surface area contributed by atoms with Crippen LogP contribution in [0.1, 0.15) is 39.1 Å². The molecule has 142 valence electrons. The Labute approximate surface area is 167 Å². The van der Waals surface area contributed by atoms with Crippen LogP contribution in [0.15, 0.2) is 36.4 Å². The fourth-order valence-corrected chi connectivity index (χ4v) is 3.52. The molecule has 2 aromatic carbocycles. The monoisotopic (exact) mass is 407 g/mol. The van der Waals surface area contributed by atoms with Crippen molar-refractivity contribution < 1.29 is 19.1 Å². The van der Waals surface area contributed by atoms with E-state index in [9.17, 15) is 9.59 Å². The van der Waals surface area contributed by atoms with E-state index in [0.717, 1.165) is 12.8 Å². The Morgan fingerprint density at radius 3 is 2.44 bits per heavy atom. The second kappa shape index (κ2) is 8.74. The number of rotatable bonds is 5. The molecule has 5 nitrogen and oxygen atoms in total. The number of ether oxygens (including phenoxy) is 2. The van der Waals surface area contributed by atoms with Crippen LogP contribution in [0.3, 0.4) is 0 Å². The third kappa shape index (κ3) is 4.43. The van der Waals surface area contributed by atoms with Crippen molar-refractivity contribution in [3.05, 3.63) is 63.1 Å². The summed E-state index contributed by atoms with van der Waals surface area (Å²) in [6.07, 6.45) is 1.47. The first-order valence-corrected chi connectivity index (χ1v) is 9.32. The number of halogens is 2. The fourth-order valence-electron chi connectivity index (χ4n) is 3.01. The van der Waals surface area contributed by atoms with Crippen LogP contribution in [0.2, 0.25) is 10.0 Å². The SMILES string of the molecule is COc1c(Cl)cc(C(=O)c2ccccc2Cl)cc1C(=O)NC1CCOCC1. The van der Waals surface area contributed by atoms with Crippen molar-refractivity contribution in [2.24, 2.45) is 0 Å². The number of hydrogen-bond acceptors (Lipinski definition) is 4. The smallest absolute Gasteiger partial charge is 0.255 e. The van der Waals surface area contributed by atoms with Gasteiger partial charge in [0.2, 0.25) is 0 Å². The molecular weight excluding hydrogens is 389 g/mol. The zero-order chi connectivity index (χ0) is 19.4. The average molecular weight is 408 g/mol. The van der Waals surface area contributed by atoms with Gasteiger partial charge in [0.05, 0.1) is 22.7 Å². The minimum absolute atomic E-state index is 0.0117. The molecule has 1 N–H and O–H groups in total. The third-order valence-corrected chi connectivity index (χ3v) is 5.04. The quantitative estimate of drug-likeness (QED) is 0.756. The summed E-state index contributed by atoms with van der Waals surface area (Å²) in [6, 6.07) is 9.72. The highest BCUT2D eigenvalue weighted by Gasteiger charge is 2.24. The molecule has 1 amide bonds. The van der Waals surface area contributed by atoms with E-state index in [0.29, 0.717) is 23.8 Å². The first-order chi connectivity index (χ1) is 13.0. The Hall–Kier alpha value is -2.08. The highest BCUT2D eigenvalue weighted by Crippen LogP contribution is 2.32. The first-order valence-electron chi connectivity index (χ1n) is 8.56. The molecule has 0 saturated carbocycles. The lowest BCUT2D eigenvalue weighted by molar-refractivity contribution is 0.0695. The highest BCUT2D eigenvalue weighted by molar-refractivity contribution is 6.36. The molecule has 2 aromatic rings.